The van der Waals surface area contributed by atoms with Crippen LogP contribution in [0.15, 0.2) is 18.2 Å². The molecule has 2 atom stereocenters. The Kier molecular flexibility index (Phi) is 7.45. The highest BCUT2D eigenvalue weighted by atomic mass is 16.5. The number of aliphatic carboxylic acids is 1. The van der Waals surface area contributed by atoms with Crippen LogP contribution >= 0.6 is 0 Å². The van der Waals surface area contributed by atoms with E-state index in [0.717, 1.165) is 29.7 Å². The second-order valence-corrected chi connectivity index (χ2v) is 6.97. The molecule has 2 rings (SSSR count). The van der Waals surface area contributed by atoms with Crippen molar-refractivity contribution in [3.05, 3.63) is 29.3 Å². The number of methoxy groups -OCH3 is 1. The number of hydrogen-bond acceptors (Lipinski definition) is 4. The van der Waals surface area contributed by atoms with Gasteiger partial charge in [-0.25, -0.2) is 0 Å². The van der Waals surface area contributed by atoms with Gasteiger partial charge in [0.05, 0.1) is 19.1 Å². The molecule has 2 unspecified atom stereocenters. The van der Waals surface area contributed by atoms with Crippen molar-refractivity contribution in [3.8, 4) is 5.75 Å². The minimum absolute atomic E-state index is 0.00235. The maximum Gasteiger partial charge on any atom is 0.305 e. The monoisotopic (exact) mass is 363 g/mol. The van der Waals surface area contributed by atoms with Gasteiger partial charge in [0.25, 0.3) is 0 Å². The Balaban J connectivity index is 1.75. The van der Waals surface area contributed by atoms with E-state index in [2.05, 4.69) is 6.07 Å². The molecular formula is C20H29NO5. The van der Waals surface area contributed by atoms with Gasteiger partial charge in [-0.1, -0.05) is 12.1 Å². The van der Waals surface area contributed by atoms with Crippen molar-refractivity contribution in [1.82, 2.24) is 4.90 Å². The Labute approximate surface area is 155 Å². The maximum absolute atomic E-state index is 12.5. The van der Waals surface area contributed by atoms with Gasteiger partial charge < -0.3 is 19.5 Å². The first-order valence-electron chi connectivity index (χ1n) is 9.14. The summed E-state index contributed by atoms with van der Waals surface area (Å²) in [5.74, 6) is 0.00865. The van der Waals surface area contributed by atoms with Crippen LogP contribution in [0.2, 0.25) is 0 Å². The molecule has 0 saturated carbocycles. The molecule has 1 fully saturated rings. The van der Waals surface area contributed by atoms with Crippen LogP contribution < -0.4 is 4.74 Å². The van der Waals surface area contributed by atoms with Gasteiger partial charge >= 0.3 is 5.97 Å². The fourth-order valence-corrected chi connectivity index (χ4v) is 3.31. The Morgan fingerprint density at radius 1 is 1.27 bits per heavy atom. The summed E-state index contributed by atoms with van der Waals surface area (Å²) in [7, 11) is 1.60. The predicted molar refractivity (Wildman–Crippen MR) is 98.4 cm³/mol. The van der Waals surface area contributed by atoms with E-state index >= 15 is 0 Å². The average molecular weight is 363 g/mol. The number of unbranched alkanes of at least 4 members (excludes halogenated alkanes) is 1. The number of hydrogen-bond donors (Lipinski definition) is 1. The lowest BCUT2D eigenvalue weighted by Gasteiger charge is -2.23. The van der Waals surface area contributed by atoms with Crippen molar-refractivity contribution in [2.75, 3.05) is 20.3 Å². The van der Waals surface area contributed by atoms with E-state index in [4.69, 9.17) is 14.6 Å². The minimum atomic E-state index is -0.883. The van der Waals surface area contributed by atoms with Gasteiger partial charge in [-0.3, -0.25) is 9.59 Å². The minimum Gasteiger partial charge on any atom is -0.493 e. The third-order valence-corrected chi connectivity index (χ3v) is 4.83. The summed E-state index contributed by atoms with van der Waals surface area (Å²) < 4.78 is 11.1. The first kappa shape index (κ1) is 20.2. The molecule has 0 aromatic heterocycles. The number of carbonyl (C=O) groups excluding carboxylic acids is 1. The van der Waals surface area contributed by atoms with Crippen LogP contribution in [0.25, 0.3) is 0 Å². The van der Waals surface area contributed by atoms with Crippen molar-refractivity contribution < 1.29 is 24.2 Å². The molecular weight excluding hydrogens is 334 g/mol. The van der Waals surface area contributed by atoms with Crippen molar-refractivity contribution in [2.24, 2.45) is 0 Å². The molecule has 1 aromatic carbocycles. The molecule has 1 aliphatic heterocycles. The maximum atomic E-state index is 12.5. The molecule has 1 saturated heterocycles. The zero-order valence-corrected chi connectivity index (χ0v) is 15.9. The summed E-state index contributed by atoms with van der Waals surface area (Å²) in [5.41, 5.74) is 2.26. The molecule has 144 valence electrons. The topological polar surface area (TPSA) is 76.1 Å². The lowest BCUT2D eigenvalue weighted by Crippen LogP contribution is -2.37. The first-order valence-corrected chi connectivity index (χ1v) is 9.14. The molecule has 1 aliphatic rings. The zero-order chi connectivity index (χ0) is 19.1. The number of carboxylic acid groups (broad SMARTS) is 1. The highest BCUT2D eigenvalue weighted by molar-refractivity contribution is 5.78. The van der Waals surface area contributed by atoms with Gasteiger partial charge in [0, 0.05) is 26.1 Å². The fourth-order valence-electron chi connectivity index (χ4n) is 3.31. The summed E-state index contributed by atoms with van der Waals surface area (Å²) in [6, 6.07) is 5.84. The smallest absolute Gasteiger partial charge is 0.305 e. The van der Waals surface area contributed by atoms with E-state index in [9.17, 15) is 9.59 Å². The van der Waals surface area contributed by atoms with Crippen LogP contribution in [0.3, 0.4) is 0 Å². The van der Waals surface area contributed by atoms with Crippen LogP contribution in [0.4, 0.5) is 0 Å². The Bertz CT molecular complexity index is 631. The van der Waals surface area contributed by atoms with Crippen molar-refractivity contribution in [3.63, 3.8) is 0 Å². The van der Waals surface area contributed by atoms with Crippen molar-refractivity contribution in [1.29, 1.82) is 0 Å². The van der Waals surface area contributed by atoms with Crippen LogP contribution in [0.1, 0.15) is 43.2 Å². The summed E-state index contributed by atoms with van der Waals surface area (Å²) in [6.07, 6.45) is 2.40. The number of ether oxygens (including phenoxy) is 2. The molecule has 0 spiro atoms. The predicted octanol–water partition coefficient (Wildman–Crippen LogP) is 2.94. The lowest BCUT2D eigenvalue weighted by molar-refractivity contribution is -0.139. The Morgan fingerprint density at radius 3 is 2.73 bits per heavy atom. The van der Waals surface area contributed by atoms with Crippen LogP contribution in [-0.4, -0.2) is 54.3 Å². The number of amides is 1. The molecule has 1 aromatic rings. The molecule has 26 heavy (non-hydrogen) atoms. The summed E-state index contributed by atoms with van der Waals surface area (Å²) in [6.45, 7) is 5.09. The highest BCUT2D eigenvalue weighted by Gasteiger charge is 2.36. The van der Waals surface area contributed by atoms with Crippen LogP contribution in [0, 0.1) is 13.8 Å². The van der Waals surface area contributed by atoms with Gasteiger partial charge in [-0.05, 0) is 50.3 Å². The number of benzene rings is 1. The molecule has 1 N–H and O–H groups in total. The number of rotatable bonds is 9. The number of carbonyl (C=O) groups is 2. The number of aryl methyl sites for hydroxylation is 2. The first-order chi connectivity index (χ1) is 12.4. The number of nitrogens with zero attached hydrogens (tertiary/aromatic N) is 1. The third kappa shape index (κ3) is 5.73. The third-order valence-electron chi connectivity index (χ3n) is 4.83. The Morgan fingerprint density at radius 2 is 2.04 bits per heavy atom. The van der Waals surface area contributed by atoms with Gasteiger partial charge in [-0.2, -0.15) is 0 Å². The largest absolute Gasteiger partial charge is 0.493 e. The van der Waals surface area contributed by atoms with Gasteiger partial charge in [-0.15, -0.1) is 0 Å². The second kappa shape index (κ2) is 9.57. The molecule has 0 bridgehead atoms. The van der Waals surface area contributed by atoms with Gasteiger partial charge in [0.2, 0.25) is 5.91 Å². The molecule has 1 amide bonds. The summed E-state index contributed by atoms with van der Waals surface area (Å²) >= 11 is 0. The fraction of sp³-hybridized carbons (Fsp3) is 0.600. The number of likely N-dealkylation sites (tertiary alicyclic amines) is 1. The standard InChI is InChI=1S/C20H29NO5/c1-14-7-8-15(2)18(10-14)26-9-5-4-6-19(22)21-13-17(25-3)11-16(21)12-20(23)24/h7-8,10,16-17H,4-6,9,11-13H2,1-3H3,(H,23,24). The normalized spacial score (nSPS) is 19.6. The van der Waals surface area contributed by atoms with E-state index in [1.165, 1.54) is 0 Å². The van der Waals surface area contributed by atoms with Gasteiger partial charge in [0.1, 0.15) is 5.75 Å². The summed E-state index contributed by atoms with van der Waals surface area (Å²) in [5, 5.41) is 9.03. The van der Waals surface area contributed by atoms with Crippen LogP contribution in [0.5, 0.6) is 5.75 Å². The second-order valence-electron chi connectivity index (χ2n) is 6.97. The van der Waals surface area contributed by atoms with E-state index in [1.54, 1.807) is 12.0 Å². The zero-order valence-electron chi connectivity index (χ0n) is 15.9. The van der Waals surface area contributed by atoms with Gasteiger partial charge in [0.15, 0.2) is 0 Å². The molecule has 6 nitrogen and oxygen atoms in total. The van der Waals surface area contributed by atoms with Crippen LogP contribution in [-0.2, 0) is 14.3 Å². The van der Waals surface area contributed by atoms with E-state index in [-0.39, 0.29) is 24.5 Å². The number of carboxylic acids is 1. The summed E-state index contributed by atoms with van der Waals surface area (Å²) in [4.78, 5) is 25.2. The average Bonchev–Trinajstić information content (AvgIpc) is 2.99. The molecule has 0 radical (unpaired) electrons. The van der Waals surface area contributed by atoms with E-state index in [0.29, 0.717) is 26.0 Å². The van der Waals surface area contributed by atoms with E-state index in [1.807, 2.05) is 26.0 Å². The molecule has 0 aliphatic carbocycles. The van der Waals surface area contributed by atoms with Crippen molar-refractivity contribution in [2.45, 2.75) is 58.1 Å². The Hall–Kier alpha value is -2.08. The van der Waals surface area contributed by atoms with Crippen molar-refractivity contribution >= 4 is 11.9 Å². The molecule has 6 heteroatoms. The lowest BCUT2D eigenvalue weighted by atomic mass is 10.1. The van der Waals surface area contributed by atoms with E-state index < -0.39 is 5.97 Å². The SMILES string of the molecule is COC1CC(CC(=O)O)N(C(=O)CCCCOc2cc(C)ccc2C)C1. The highest BCUT2D eigenvalue weighted by Crippen LogP contribution is 2.24. The molecule has 1 heterocycles. The quantitative estimate of drug-likeness (QED) is 0.683.